The molecule has 1 aromatic heterocycles. The monoisotopic (exact) mass is 283 g/mol. The predicted molar refractivity (Wildman–Crippen MR) is 82.4 cm³/mol. The second-order valence-electron chi connectivity index (χ2n) is 4.57. The Labute approximate surface area is 122 Å². The third-order valence-corrected chi connectivity index (χ3v) is 3.62. The van der Waals surface area contributed by atoms with Gasteiger partial charge in [-0.2, -0.15) is 0 Å². The molecule has 1 atom stereocenters. The molecule has 0 saturated heterocycles. The first-order valence-electron chi connectivity index (χ1n) is 6.35. The van der Waals surface area contributed by atoms with Gasteiger partial charge in [-0.1, -0.05) is 41.9 Å². The van der Waals surface area contributed by atoms with Crippen LogP contribution in [-0.2, 0) is 0 Å². The molecule has 0 aliphatic rings. The van der Waals surface area contributed by atoms with E-state index in [9.17, 15) is 0 Å². The fourth-order valence-electron chi connectivity index (χ4n) is 2.39. The summed E-state index contributed by atoms with van der Waals surface area (Å²) < 4.78 is 0. The van der Waals surface area contributed by atoms with E-state index in [1.54, 1.807) is 6.20 Å². The van der Waals surface area contributed by atoms with Crippen LogP contribution in [0, 0.1) is 0 Å². The van der Waals surface area contributed by atoms with E-state index >= 15 is 0 Å². The van der Waals surface area contributed by atoms with E-state index in [1.165, 1.54) is 0 Å². The fourth-order valence-corrected chi connectivity index (χ4v) is 2.52. The van der Waals surface area contributed by atoms with Crippen molar-refractivity contribution in [3.8, 4) is 0 Å². The van der Waals surface area contributed by atoms with E-state index in [0.29, 0.717) is 5.02 Å². The van der Waals surface area contributed by atoms with Crippen LogP contribution < -0.4 is 11.3 Å². The number of hydrazine groups is 1. The van der Waals surface area contributed by atoms with Crippen molar-refractivity contribution in [1.29, 1.82) is 0 Å². The number of halogens is 1. The number of hydrogen-bond donors (Lipinski definition) is 2. The van der Waals surface area contributed by atoms with Gasteiger partial charge in [0.1, 0.15) is 0 Å². The number of rotatable bonds is 3. The summed E-state index contributed by atoms with van der Waals surface area (Å²) in [4.78, 5) is 4.38. The van der Waals surface area contributed by atoms with Crippen LogP contribution in [-0.4, -0.2) is 4.98 Å². The van der Waals surface area contributed by atoms with Crippen molar-refractivity contribution in [3.05, 3.63) is 76.9 Å². The van der Waals surface area contributed by atoms with Crippen LogP contribution >= 0.6 is 11.6 Å². The summed E-state index contributed by atoms with van der Waals surface area (Å²) >= 11 is 5.94. The Kier molecular flexibility index (Phi) is 3.65. The molecule has 3 aromatic rings. The summed E-state index contributed by atoms with van der Waals surface area (Å²) in [7, 11) is 0. The van der Waals surface area contributed by atoms with Gasteiger partial charge >= 0.3 is 0 Å². The molecule has 100 valence electrons. The maximum Gasteiger partial charge on any atom is 0.0717 e. The minimum Gasteiger partial charge on any atom is -0.271 e. The van der Waals surface area contributed by atoms with E-state index in [0.717, 1.165) is 22.0 Å². The Bertz CT molecular complexity index is 720. The first-order valence-corrected chi connectivity index (χ1v) is 6.72. The highest BCUT2D eigenvalue weighted by atomic mass is 35.5. The van der Waals surface area contributed by atoms with E-state index in [4.69, 9.17) is 17.4 Å². The molecular formula is C16H14ClN3. The lowest BCUT2D eigenvalue weighted by molar-refractivity contribution is 0.640. The quantitative estimate of drug-likeness (QED) is 0.572. The standard InChI is InChI=1S/C16H14ClN3/c17-12-7-5-11(6-8-12)16(20-18)14-9-10-19-15-4-2-1-3-13(14)15/h1-10,16,20H,18H2. The second kappa shape index (κ2) is 5.59. The van der Waals surface area contributed by atoms with Crippen molar-refractivity contribution in [2.75, 3.05) is 0 Å². The van der Waals surface area contributed by atoms with Gasteiger partial charge < -0.3 is 0 Å². The number of para-hydroxylation sites is 1. The Morgan fingerprint density at radius 1 is 1.00 bits per heavy atom. The number of aromatic nitrogens is 1. The molecule has 2 aromatic carbocycles. The van der Waals surface area contributed by atoms with Gasteiger partial charge in [-0.25, -0.2) is 5.43 Å². The van der Waals surface area contributed by atoms with Crippen molar-refractivity contribution in [1.82, 2.24) is 10.4 Å². The Morgan fingerprint density at radius 3 is 2.50 bits per heavy atom. The third kappa shape index (κ3) is 2.39. The Balaban J connectivity index is 2.14. The summed E-state index contributed by atoms with van der Waals surface area (Å²) in [6.45, 7) is 0. The van der Waals surface area contributed by atoms with Crippen molar-refractivity contribution in [3.63, 3.8) is 0 Å². The normalized spacial score (nSPS) is 12.5. The molecule has 0 fully saturated rings. The lowest BCUT2D eigenvalue weighted by atomic mass is 9.96. The minimum absolute atomic E-state index is 0.0971. The van der Waals surface area contributed by atoms with E-state index in [2.05, 4.69) is 16.5 Å². The number of nitrogens with two attached hydrogens (primary N) is 1. The van der Waals surface area contributed by atoms with Gasteiger partial charge in [-0.3, -0.25) is 10.8 Å². The molecule has 1 unspecified atom stereocenters. The molecule has 4 heteroatoms. The number of nitrogens with zero attached hydrogens (tertiary/aromatic N) is 1. The van der Waals surface area contributed by atoms with Gasteiger partial charge in [0.2, 0.25) is 0 Å². The van der Waals surface area contributed by atoms with Crippen LogP contribution in [0.15, 0.2) is 60.8 Å². The van der Waals surface area contributed by atoms with Gasteiger partial charge in [-0.15, -0.1) is 0 Å². The molecule has 1 heterocycles. The zero-order valence-electron chi connectivity index (χ0n) is 10.8. The molecule has 3 nitrogen and oxygen atoms in total. The van der Waals surface area contributed by atoms with E-state index in [1.807, 2.05) is 48.5 Å². The summed E-state index contributed by atoms with van der Waals surface area (Å²) in [6, 6.07) is 17.6. The molecule has 0 aliphatic carbocycles. The average Bonchev–Trinajstić information content (AvgIpc) is 2.50. The topological polar surface area (TPSA) is 50.9 Å². The summed E-state index contributed by atoms with van der Waals surface area (Å²) in [5, 5.41) is 1.80. The molecule has 0 bridgehead atoms. The highest BCUT2D eigenvalue weighted by molar-refractivity contribution is 6.30. The van der Waals surface area contributed by atoms with Gasteiger partial charge in [0.05, 0.1) is 11.6 Å². The fraction of sp³-hybridized carbons (Fsp3) is 0.0625. The Morgan fingerprint density at radius 2 is 1.75 bits per heavy atom. The lowest BCUT2D eigenvalue weighted by Gasteiger charge is -2.18. The van der Waals surface area contributed by atoms with E-state index in [-0.39, 0.29) is 6.04 Å². The number of hydrogen-bond acceptors (Lipinski definition) is 3. The largest absolute Gasteiger partial charge is 0.271 e. The summed E-state index contributed by atoms with van der Waals surface area (Å²) in [6.07, 6.45) is 1.80. The number of fused-ring (bicyclic) bond motifs is 1. The van der Waals surface area contributed by atoms with Crippen molar-refractivity contribution >= 4 is 22.5 Å². The maximum absolute atomic E-state index is 5.94. The number of benzene rings is 2. The molecule has 0 spiro atoms. The van der Waals surface area contributed by atoms with Crippen LogP contribution in [0.3, 0.4) is 0 Å². The molecule has 0 aliphatic heterocycles. The summed E-state index contributed by atoms with van der Waals surface area (Å²) in [5.74, 6) is 5.76. The highest BCUT2D eigenvalue weighted by Crippen LogP contribution is 2.28. The Hall–Kier alpha value is -1.94. The van der Waals surface area contributed by atoms with Gasteiger partial charge in [0.25, 0.3) is 0 Å². The van der Waals surface area contributed by atoms with Crippen LogP contribution in [0.4, 0.5) is 0 Å². The second-order valence-corrected chi connectivity index (χ2v) is 5.00. The smallest absolute Gasteiger partial charge is 0.0717 e. The van der Waals surface area contributed by atoms with Crippen molar-refractivity contribution in [2.24, 2.45) is 5.84 Å². The minimum atomic E-state index is -0.0971. The molecule has 3 N–H and O–H groups in total. The van der Waals surface area contributed by atoms with Gasteiger partial charge in [0.15, 0.2) is 0 Å². The molecule has 0 saturated carbocycles. The molecule has 20 heavy (non-hydrogen) atoms. The number of nitrogens with one attached hydrogen (secondary N) is 1. The van der Waals surface area contributed by atoms with Crippen LogP contribution in [0.25, 0.3) is 10.9 Å². The average molecular weight is 284 g/mol. The van der Waals surface area contributed by atoms with Gasteiger partial charge in [-0.05, 0) is 35.4 Å². The predicted octanol–water partition coefficient (Wildman–Crippen LogP) is 3.44. The first kappa shape index (κ1) is 13.1. The molecular weight excluding hydrogens is 270 g/mol. The molecule has 0 amide bonds. The van der Waals surface area contributed by atoms with Crippen LogP contribution in [0.1, 0.15) is 17.2 Å². The summed E-state index contributed by atoms with van der Waals surface area (Å²) in [5.41, 5.74) is 5.99. The SMILES string of the molecule is NNC(c1ccc(Cl)cc1)c1ccnc2ccccc12. The van der Waals surface area contributed by atoms with E-state index < -0.39 is 0 Å². The van der Waals surface area contributed by atoms with Crippen molar-refractivity contribution < 1.29 is 0 Å². The number of pyridine rings is 1. The maximum atomic E-state index is 5.94. The van der Waals surface area contributed by atoms with Crippen LogP contribution in [0.2, 0.25) is 5.02 Å². The van der Waals surface area contributed by atoms with Gasteiger partial charge in [0, 0.05) is 16.6 Å². The third-order valence-electron chi connectivity index (χ3n) is 3.36. The van der Waals surface area contributed by atoms with Crippen molar-refractivity contribution in [2.45, 2.75) is 6.04 Å². The molecule has 3 rings (SSSR count). The highest BCUT2D eigenvalue weighted by Gasteiger charge is 2.15. The lowest BCUT2D eigenvalue weighted by Crippen LogP contribution is -2.29. The zero-order chi connectivity index (χ0) is 13.9. The first-order chi connectivity index (χ1) is 9.79. The molecule has 0 radical (unpaired) electrons. The van der Waals surface area contributed by atoms with Crippen LogP contribution in [0.5, 0.6) is 0 Å². The zero-order valence-corrected chi connectivity index (χ0v) is 11.5.